The highest BCUT2D eigenvalue weighted by Crippen LogP contribution is 2.43. The summed E-state index contributed by atoms with van der Waals surface area (Å²) < 4.78 is 0. The lowest BCUT2D eigenvalue weighted by Gasteiger charge is -2.41. The fourth-order valence-electron chi connectivity index (χ4n) is 1.37. The van der Waals surface area contributed by atoms with Crippen LogP contribution in [-0.4, -0.2) is 23.4 Å². The fraction of sp³-hybridized carbons (Fsp3) is 1.00. The summed E-state index contributed by atoms with van der Waals surface area (Å²) in [5.74, 6) is 0. The molecule has 0 fully saturated rings. The molecule has 74 valence electrons. The summed E-state index contributed by atoms with van der Waals surface area (Å²) in [6, 6.07) is 0. The van der Waals surface area contributed by atoms with Crippen LogP contribution in [-0.2, 0) is 0 Å². The molecule has 0 aliphatic carbocycles. The molecule has 0 heterocycles. The molecule has 0 aromatic heterocycles. The van der Waals surface area contributed by atoms with E-state index in [9.17, 15) is 0 Å². The first kappa shape index (κ1) is 11.9. The molecule has 0 bridgehead atoms. The maximum Gasteiger partial charge on any atom is 0.0436 e. The Morgan fingerprint density at radius 1 is 0.833 bits per heavy atom. The van der Waals surface area contributed by atoms with Crippen LogP contribution in [0.15, 0.2) is 0 Å². The van der Waals surface area contributed by atoms with Crippen LogP contribution in [0.5, 0.6) is 0 Å². The third-order valence-corrected chi connectivity index (χ3v) is 3.14. The Morgan fingerprint density at radius 2 is 1.17 bits per heavy atom. The Morgan fingerprint density at radius 3 is 1.33 bits per heavy atom. The Labute approximate surface area is 75.6 Å². The van der Waals surface area contributed by atoms with E-state index in [1.807, 2.05) is 0 Å². The second-order valence-electron chi connectivity index (χ2n) is 4.76. The van der Waals surface area contributed by atoms with Crippen LogP contribution in [0.2, 0.25) is 0 Å². The number of aliphatic hydroxyl groups excluding tert-OH is 2. The van der Waals surface area contributed by atoms with Gasteiger partial charge in [-0.15, -0.1) is 0 Å². The molecule has 0 aliphatic heterocycles. The lowest BCUT2D eigenvalue weighted by molar-refractivity contribution is 0.0424. The summed E-state index contributed by atoms with van der Waals surface area (Å²) in [5, 5.41) is 17.8. The van der Waals surface area contributed by atoms with E-state index >= 15 is 0 Å². The van der Waals surface area contributed by atoms with Crippen LogP contribution in [0, 0.1) is 10.8 Å². The Hall–Kier alpha value is -0.0800. The van der Waals surface area contributed by atoms with Gasteiger partial charge in [0.25, 0.3) is 0 Å². The molecule has 0 aliphatic rings. The largest absolute Gasteiger partial charge is 0.396 e. The molecule has 0 atom stereocenters. The van der Waals surface area contributed by atoms with Crippen LogP contribution >= 0.6 is 0 Å². The van der Waals surface area contributed by atoms with E-state index in [1.54, 1.807) is 0 Å². The molecule has 0 rings (SSSR count). The van der Waals surface area contributed by atoms with Gasteiger partial charge < -0.3 is 10.2 Å². The molecule has 0 aromatic carbocycles. The van der Waals surface area contributed by atoms with E-state index in [2.05, 4.69) is 27.7 Å². The van der Waals surface area contributed by atoms with Crippen molar-refractivity contribution in [3.8, 4) is 0 Å². The van der Waals surface area contributed by atoms with Gasteiger partial charge in [-0.05, 0) is 23.7 Å². The van der Waals surface area contributed by atoms with Gasteiger partial charge in [0.15, 0.2) is 0 Å². The van der Waals surface area contributed by atoms with E-state index in [0.717, 1.165) is 12.8 Å². The Kier molecular flexibility index (Phi) is 4.21. The summed E-state index contributed by atoms with van der Waals surface area (Å²) in [4.78, 5) is 0. The highest BCUT2D eigenvalue weighted by Gasteiger charge is 2.35. The van der Waals surface area contributed by atoms with Gasteiger partial charge in [-0.1, -0.05) is 27.7 Å². The van der Waals surface area contributed by atoms with E-state index < -0.39 is 0 Å². The average Bonchev–Trinajstić information content (AvgIpc) is 1.86. The number of hydrogen-bond donors (Lipinski definition) is 2. The summed E-state index contributed by atoms with van der Waals surface area (Å²) in [5.41, 5.74) is 0.176. The minimum Gasteiger partial charge on any atom is -0.396 e. The zero-order valence-corrected chi connectivity index (χ0v) is 8.72. The average molecular weight is 174 g/mol. The van der Waals surface area contributed by atoms with Gasteiger partial charge in [-0.3, -0.25) is 0 Å². The topological polar surface area (TPSA) is 40.5 Å². The SMILES string of the molecule is CC(C)(C)C(C)(CCO)CCO. The minimum atomic E-state index is 0.0382. The van der Waals surface area contributed by atoms with Gasteiger partial charge in [-0.2, -0.15) is 0 Å². The molecular formula is C10H22O2. The molecule has 2 nitrogen and oxygen atoms in total. The van der Waals surface area contributed by atoms with Crippen LogP contribution in [0.1, 0.15) is 40.5 Å². The molecular weight excluding hydrogens is 152 g/mol. The van der Waals surface area contributed by atoms with E-state index in [-0.39, 0.29) is 24.0 Å². The highest BCUT2D eigenvalue weighted by molar-refractivity contribution is 4.85. The number of aliphatic hydroxyl groups is 2. The van der Waals surface area contributed by atoms with Gasteiger partial charge in [0.05, 0.1) is 0 Å². The van der Waals surface area contributed by atoms with Crippen molar-refractivity contribution >= 4 is 0 Å². The molecule has 2 N–H and O–H groups in total. The van der Waals surface area contributed by atoms with Crippen molar-refractivity contribution in [3.63, 3.8) is 0 Å². The molecule has 0 spiro atoms. The Bertz CT molecular complexity index is 118. The Balaban J connectivity index is 4.38. The van der Waals surface area contributed by atoms with Crippen molar-refractivity contribution in [2.75, 3.05) is 13.2 Å². The van der Waals surface area contributed by atoms with Crippen molar-refractivity contribution in [1.29, 1.82) is 0 Å². The zero-order chi connectivity index (χ0) is 9.83. The monoisotopic (exact) mass is 174 g/mol. The molecule has 12 heavy (non-hydrogen) atoms. The van der Waals surface area contributed by atoms with Crippen molar-refractivity contribution in [1.82, 2.24) is 0 Å². The van der Waals surface area contributed by atoms with Gasteiger partial charge in [0, 0.05) is 13.2 Å². The van der Waals surface area contributed by atoms with Crippen LogP contribution in [0.25, 0.3) is 0 Å². The zero-order valence-electron chi connectivity index (χ0n) is 8.72. The summed E-state index contributed by atoms with van der Waals surface area (Å²) >= 11 is 0. The summed E-state index contributed by atoms with van der Waals surface area (Å²) in [7, 11) is 0. The minimum absolute atomic E-state index is 0.0382. The first-order valence-electron chi connectivity index (χ1n) is 4.59. The normalized spacial score (nSPS) is 13.5. The van der Waals surface area contributed by atoms with Crippen molar-refractivity contribution < 1.29 is 10.2 Å². The summed E-state index contributed by atoms with van der Waals surface area (Å²) in [6.07, 6.45) is 1.52. The van der Waals surface area contributed by atoms with Gasteiger partial charge >= 0.3 is 0 Å². The van der Waals surface area contributed by atoms with Crippen LogP contribution in [0.3, 0.4) is 0 Å². The van der Waals surface area contributed by atoms with Crippen LogP contribution in [0.4, 0.5) is 0 Å². The first-order valence-corrected chi connectivity index (χ1v) is 4.59. The number of hydrogen-bond acceptors (Lipinski definition) is 2. The quantitative estimate of drug-likeness (QED) is 0.682. The van der Waals surface area contributed by atoms with Crippen molar-refractivity contribution in [2.24, 2.45) is 10.8 Å². The predicted molar refractivity (Wildman–Crippen MR) is 51.0 cm³/mol. The maximum absolute atomic E-state index is 8.91. The molecule has 2 heteroatoms. The second kappa shape index (κ2) is 4.24. The highest BCUT2D eigenvalue weighted by atomic mass is 16.3. The third-order valence-electron chi connectivity index (χ3n) is 3.14. The van der Waals surface area contributed by atoms with Gasteiger partial charge in [0.2, 0.25) is 0 Å². The molecule has 0 amide bonds. The lowest BCUT2D eigenvalue weighted by Crippen LogP contribution is -2.34. The smallest absolute Gasteiger partial charge is 0.0436 e. The van der Waals surface area contributed by atoms with Crippen molar-refractivity contribution in [2.45, 2.75) is 40.5 Å². The van der Waals surface area contributed by atoms with E-state index in [1.165, 1.54) is 0 Å². The molecule has 0 unspecified atom stereocenters. The van der Waals surface area contributed by atoms with Gasteiger partial charge in [0.1, 0.15) is 0 Å². The van der Waals surface area contributed by atoms with Crippen molar-refractivity contribution in [3.05, 3.63) is 0 Å². The lowest BCUT2D eigenvalue weighted by atomic mass is 9.64. The maximum atomic E-state index is 8.91. The molecule has 0 aromatic rings. The van der Waals surface area contributed by atoms with Gasteiger partial charge in [-0.25, -0.2) is 0 Å². The van der Waals surface area contributed by atoms with E-state index in [0.29, 0.717) is 0 Å². The van der Waals surface area contributed by atoms with E-state index in [4.69, 9.17) is 10.2 Å². The standard InChI is InChI=1S/C10H22O2/c1-9(2,3)10(4,5-7-11)6-8-12/h11-12H,5-8H2,1-4H3. The van der Waals surface area contributed by atoms with Crippen LogP contribution < -0.4 is 0 Å². The third kappa shape index (κ3) is 2.76. The molecule has 0 saturated heterocycles. The molecule has 0 saturated carbocycles. The summed E-state index contributed by atoms with van der Waals surface area (Å²) in [6.45, 7) is 8.98. The predicted octanol–water partition coefficient (Wildman–Crippen LogP) is 1.80. The molecule has 0 radical (unpaired) electrons. The fourth-order valence-corrected chi connectivity index (χ4v) is 1.37. The second-order valence-corrected chi connectivity index (χ2v) is 4.76. The number of rotatable bonds is 4. The first-order chi connectivity index (χ1) is 5.37.